The summed E-state index contributed by atoms with van der Waals surface area (Å²) in [7, 11) is 0. The van der Waals surface area contributed by atoms with Crippen molar-refractivity contribution in [2.45, 2.75) is 58.3 Å². The normalized spacial score (nSPS) is 15.8. The van der Waals surface area contributed by atoms with Gasteiger partial charge in [0.15, 0.2) is 0 Å². The highest BCUT2D eigenvalue weighted by Gasteiger charge is 1.95. The lowest BCUT2D eigenvalue weighted by Gasteiger charge is -2.05. The van der Waals surface area contributed by atoms with Gasteiger partial charge in [0.2, 0.25) is 5.91 Å². The molecule has 1 aliphatic rings. The summed E-state index contributed by atoms with van der Waals surface area (Å²) in [5.74, 6) is -0.193. The number of hydrogen-bond acceptors (Lipinski definition) is 1. The van der Waals surface area contributed by atoms with Gasteiger partial charge in [-0.3, -0.25) is 4.79 Å². The third kappa shape index (κ3) is 11.5. The van der Waals surface area contributed by atoms with Crippen LogP contribution in [0.4, 0.5) is 0 Å². The monoisotopic (exact) mass is 184 g/mol. The number of unbranched alkanes of at least 4 members (excludes halogenated alkanes) is 1. The second-order valence-corrected chi connectivity index (χ2v) is 3.50. The molecule has 2 nitrogen and oxygen atoms in total. The first-order valence-electron chi connectivity index (χ1n) is 5.37. The molecule has 2 heteroatoms. The van der Waals surface area contributed by atoms with E-state index in [9.17, 15) is 4.79 Å². The Morgan fingerprint density at radius 2 is 1.92 bits per heavy atom. The summed E-state index contributed by atoms with van der Waals surface area (Å²) in [6.07, 6.45) is 12.0. The predicted octanol–water partition coefficient (Wildman–Crippen LogP) is 2.82. The number of amides is 1. The van der Waals surface area contributed by atoms with E-state index >= 15 is 0 Å². The molecule has 0 aliphatic heterocycles. The molecule has 77 valence electrons. The Kier molecular flexibility index (Phi) is 9.17. The number of nitrogens with two attached hydrogens (primary N) is 1. The molecule has 0 aromatic rings. The van der Waals surface area contributed by atoms with Crippen molar-refractivity contribution < 1.29 is 4.79 Å². The lowest BCUT2D eigenvalue weighted by atomic mass is 10.0. The molecule has 1 radical (unpaired) electrons. The largest absolute Gasteiger partial charge is 0.370 e. The van der Waals surface area contributed by atoms with E-state index < -0.39 is 0 Å². The van der Waals surface area contributed by atoms with Crippen molar-refractivity contribution in [2.75, 3.05) is 0 Å². The van der Waals surface area contributed by atoms with Gasteiger partial charge in [-0.1, -0.05) is 45.4 Å². The molecular formula is C11H22NO. The van der Waals surface area contributed by atoms with E-state index in [0.717, 1.165) is 12.8 Å². The first-order valence-corrected chi connectivity index (χ1v) is 5.37. The third-order valence-corrected chi connectivity index (χ3v) is 2.09. The van der Waals surface area contributed by atoms with Gasteiger partial charge in [-0.15, -0.1) is 0 Å². The third-order valence-electron chi connectivity index (χ3n) is 2.09. The fraction of sp³-hybridized carbons (Fsp3) is 0.818. The summed E-state index contributed by atoms with van der Waals surface area (Å²) in [6.45, 7) is 2.03. The molecule has 0 aromatic carbocycles. The minimum absolute atomic E-state index is 0.193. The molecule has 2 N–H and O–H groups in total. The maximum atomic E-state index is 9.98. The second-order valence-electron chi connectivity index (χ2n) is 3.50. The molecule has 0 heterocycles. The quantitative estimate of drug-likeness (QED) is 0.720. The Morgan fingerprint density at radius 1 is 1.31 bits per heavy atom. The minimum Gasteiger partial charge on any atom is -0.370 e. The summed E-state index contributed by atoms with van der Waals surface area (Å²) in [6, 6.07) is 0. The molecule has 0 bridgehead atoms. The maximum absolute atomic E-state index is 9.98. The van der Waals surface area contributed by atoms with Crippen molar-refractivity contribution in [1.82, 2.24) is 0 Å². The maximum Gasteiger partial charge on any atom is 0.217 e. The van der Waals surface area contributed by atoms with Crippen molar-refractivity contribution in [3.05, 3.63) is 6.42 Å². The first kappa shape index (κ1) is 12.5. The standard InChI is InChI=1S/C6H11.C5H11NO/c1-2-4-6-5-3-1;1-2-3-4-5(6)7/h1H,2-6H2;2-4H2,1H3,(H2,6,7). The molecule has 1 rings (SSSR count). The number of rotatable bonds is 3. The summed E-state index contributed by atoms with van der Waals surface area (Å²) in [5.41, 5.74) is 4.84. The van der Waals surface area contributed by atoms with Crippen molar-refractivity contribution in [1.29, 1.82) is 0 Å². The Labute approximate surface area is 81.9 Å². The van der Waals surface area contributed by atoms with E-state index in [1.54, 1.807) is 0 Å². The van der Waals surface area contributed by atoms with Crippen molar-refractivity contribution in [3.63, 3.8) is 0 Å². The number of primary amides is 1. The molecule has 0 saturated heterocycles. The number of carbonyl (C=O) groups excluding carboxylic acids is 1. The molecule has 1 saturated carbocycles. The Morgan fingerprint density at radius 3 is 2.08 bits per heavy atom. The van der Waals surface area contributed by atoms with Gasteiger partial charge in [0.25, 0.3) is 0 Å². The Hall–Kier alpha value is -0.530. The molecule has 0 spiro atoms. The van der Waals surface area contributed by atoms with Gasteiger partial charge in [0, 0.05) is 6.42 Å². The van der Waals surface area contributed by atoms with Crippen molar-refractivity contribution >= 4 is 5.91 Å². The van der Waals surface area contributed by atoms with Crippen LogP contribution >= 0.6 is 0 Å². The average Bonchev–Trinajstić information content (AvgIpc) is 2.18. The van der Waals surface area contributed by atoms with Crippen LogP contribution in [0.2, 0.25) is 0 Å². The van der Waals surface area contributed by atoms with E-state index in [2.05, 4.69) is 6.42 Å². The van der Waals surface area contributed by atoms with E-state index in [1.807, 2.05) is 6.92 Å². The van der Waals surface area contributed by atoms with E-state index in [0.29, 0.717) is 6.42 Å². The number of carbonyl (C=O) groups is 1. The van der Waals surface area contributed by atoms with Crippen LogP contribution in [0.15, 0.2) is 0 Å². The Balaban J connectivity index is 0.000000223. The molecule has 1 fully saturated rings. The minimum atomic E-state index is -0.193. The van der Waals surface area contributed by atoms with Crippen LogP contribution in [-0.4, -0.2) is 5.91 Å². The van der Waals surface area contributed by atoms with Crippen LogP contribution in [0.3, 0.4) is 0 Å². The summed E-state index contributed by atoms with van der Waals surface area (Å²) < 4.78 is 0. The van der Waals surface area contributed by atoms with Gasteiger partial charge in [0.05, 0.1) is 0 Å². The lowest BCUT2D eigenvalue weighted by molar-refractivity contribution is -0.118. The smallest absolute Gasteiger partial charge is 0.217 e. The molecule has 1 amide bonds. The summed E-state index contributed by atoms with van der Waals surface area (Å²) in [5, 5.41) is 0. The van der Waals surface area contributed by atoms with E-state index in [4.69, 9.17) is 5.73 Å². The summed E-state index contributed by atoms with van der Waals surface area (Å²) in [4.78, 5) is 9.98. The van der Waals surface area contributed by atoms with Gasteiger partial charge in [-0.05, 0) is 12.8 Å². The topological polar surface area (TPSA) is 43.1 Å². The van der Waals surface area contributed by atoms with Crippen LogP contribution in [-0.2, 0) is 4.79 Å². The van der Waals surface area contributed by atoms with Gasteiger partial charge >= 0.3 is 0 Å². The highest BCUT2D eigenvalue weighted by molar-refractivity contribution is 5.73. The SMILES string of the molecule is CCCCC(N)=O.[CH]1CCCCC1. The number of hydrogen-bond donors (Lipinski definition) is 1. The van der Waals surface area contributed by atoms with E-state index in [1.165, 1.54) is 32.1 Å². The zero-order chi connectivity index (χ0) is 9.94. The van der Waals surface area contributed by atoms with Crippen LogP contribution in [0.5, 0.6) is 0 Å². The van der Waals surface area contributed by atoms with Gasteiger partial charge in [0.1, 0.15) is 0 Å². The fourth-order valence-corrected chi connectivity index (χ4v) is 1.25. The summed E-state index contributed by atoms with van der Waals surface area (Å²) >= 11 is 0. The van der Waals surface area contributed by atoms with Crippen LogP contribution in [0.25, 0.3) is 0 Å². The van der Waals surface area contributed by atoms with Gasteiger partial charge in [-0.25, -0.2) is 0 Å². The van der Waals surface area contributed by atoms with Crippen LogP contribution in [0.1, 0.15) is 58.3 Å². The molecule has 0 atom stereocenters. The van der Waals surface area contributed by atoms with Gasteiger partial charge < -0.3 is 5.73 Å². The zero-order valence-electron chi connectivity index (χ0n) is 8.72. The fourth-order valence-electron chi connectivity index (χ4n) is 1.25. The van der Waals surface area contributed by atoms with Gasteiger partial charge in [-0.2, -0.15) is 0 Å². The van der Waals surface area contributed by atoms with Crippen molar-refractivity contribution in [2.24, 2.45) is 5.73 Å². The molecule has 1 aliphatic carbocycles. The molecular weight excluding hydrogens is 162 g/mol. The van der Waals surface area contributed by atoms with Crippen LogP contribution < -0.4 is 5.73 Å². The lowest BCUT2D eigenvalue weighted by Crippen LogP contribution is -2.09. The van der Waals surface area contributed by atoms with Crippen molar-refractivity contribution in [3.8, 4) is 0 Å². The van der Waals surface area contributed by atoms with Crippen LogP contribution in [0, 0.1) is 6.42 Å². The molecule has 0 aromatic heterocycles. The van der Waals surface area contributed by atoms with E-state index in [-0.39, 0.29) is 5.91 Å². The molecule has 0 unspecified atom stereocenters. The average molecular weight is 184 g/mol. The highest BCUT2D eigenvalue weighted by atomic mass is 16.1. The molecule has 13 heavy (non-hydrogen) atoms. The highest BCUT2D eigenvalue weighted by Crippen LogP contribution is 2.14. The Bertz CT molecular complexity index is 108. The first-order chi connectivity index (χ1) is 6.27. The zero-order valence-corrected chi connectivity index (χ0v) is 8.72. The predicted molar refractivity (Wildman–Crippen MR) is 56.1 cm³/mol. The second kappa shape index (κ2) is 9.56.